The second-order valence-electron chi connectivity index (χ2n) is 3.89. The Morgan fingerprint density at radius 2 is 2.05 bits per heavy atom. The number of tetrazole rings is 1. The molecule has 0 saturated carbocycles. The Hall–Kier alpha value is -2.33. The van der Waals surface area contributed by atoms with Crippen molar-refractivity contribution < 1.29 is 17.9 Å². The maximum Gasteiger partial charge on any atom is 0.321 e. The summed E-state index contributed by atoms with van der Waals surface area (Å²) in [7, 11) is -3.77. The maximum absolute atomic E-state index is 12.0. The van der Waals surface area contributed by atoms with E-state index < -0.39 is 22.5 Å². The number of sulfonamides is 1. The Labute approximate surface area is 120 Å². The van der Waals surface area contributed by atoms with E-state index in [1.54, 1.807) is 19.1 Å². The van der Waals surface area contributed by atoms with Crippen LogP contribution in [-0.2, 0) is 19.6 Å². The number of nitrogens with zero attached hydrogens (tertiary/aromatic N) is 3. The lowest BCUT2D eigenvalue weighted by Crippen LogP contribution is -2.30. The van der Waals surface area contributed by atoms with E-state index in [9.17, 15) is 13.2 Å². The van der Waals surface area contributed by atoms with Crippen LogP contribution in [0, 0.1) is 0 Å². The van der Waals surface area contributed by atoms with Gasteiger partial charge >= 0.3 is 5.97 Å². The third-order valence-corrected chi connectivity index (χ3v) is 3.90. The predicted octanol–water partition coefficient (Wildman–Crippen LogP) is -0.292. The maximum atomic E-state index is 12.0. The van der Waals surface area contributed by atoms with E-state index in [4.69, 9.17) is 0 Å². The molecule has 0 spiro atoms. The van der Waals surface area contributed by atoms with E-state index in [1.807, 2.05) is 0 Å². The Morgan fingerprint density at radius 1 is 1.33 bits per heavy atom. The van der Waals surface area contributed by atoms with E-state index in [-0.39, 0.29) is 11.5 Å². The zero-order valence-electron chi connectivity index (χ0n) is 11.1. The summed E-state index contributed by atoms with van der Waals surface area (Å²) in [4.78, 5) is 11.2. The summed E-state index contributed by atoms with van der Waals surface area (Å²) in [5.74, 6) is -0.275. The van der Waals surface area contributed by atoms with Crippen LogP contribution in [-0.4, -0.2) is 48.2 Å². The lowest BCUT2D eigenvalue weighted by Gasteiger charge is -2.06. The van der Waals surface area contributed by atoms with E-state index in [0.29, 0.717) is 11.4 Å². The van der Waals surface area contributed by atoms with Crippen LogP contribution < -0.4 is 4.72 Å². The topological polar surface area (TPSA) is 127 Å². The molecule has 0 fully saturated rings. The van der Waals surface area contributed by atoms with Gasteiger partial charge in [-0.05, 0) is 36.4 Å². The Kier molecular flexibility index (Phi) is 4.60. The molecule has 0 atom stereocenters. The Balaban J connectivity index is 2.08. The van der Waals surface area contributed by atoms with Gasteiger partial charge in [0.1, 0.15) is 6.54 Å². The third-order valence-electron chi connectivity index (χ3n) is 2.48. The number of carbonyl (C=O) groups is 1. The number of nitrogens with one attached hydrogen (secondary N) is 2. The summed E-state index contributed by atoms with van der Waals surface area (Å²) in [6, 6.07) is 5.87. The molecule has 0 radical (unpaired) electrons. The number of aromatic nitrogens is 4. The fourth-order valence-corrected chi connectivity index (χ4v) is 2.49. The van der Waals surface area contributed by atoms with Crippen molar-refractivity contribution >= 4 is 16.0 Å². The van der Waals surface area contributed by atoms with Crippen LogP contribution in [0.5, 0.6) is 0 Å². The van der Waals surface area contributed by atoms with Gasteiger partial charge in [-0.25, -0.2) is 8.42 Å². The quantitative estimate of drug-likeness (QED) is 0.701. The van der Waals surface area contributed by atoms with Gasteiger partial charge in [0.15, 0.2) is 0 Å². The first-order valence-electron chi connectivity index (χ1n) is 6.02. The monoisotopic (exact) mass is 311 g/mol. The van der Waals surface area contributed by atoms with E-state index in [0.717, 1.165) is 0 Å². The summed E-state index contributed by atoms with van der Waals surface area (Å²) in [5.41, 5.74) is 0.619. The molecule has 1 heterocycles. The first-order chi connectivity index (χ1) is 10.0. The third kappa shape index (κ3) is 3.83. The second kappa shape index (κ2) is 6.41. The average Bonchev–Trinajstić information content (AvgIpc) is 3.00. The van der Waals surface area contributed by atoms with Crippen LogP contribution in [0.2, 0.25) is 0 Å². The molecule has 0 amide bonds. The fraction of sp³-hybridized carbons (Fsp3) is 0.273. The first-order valence-corrected chi connectivity index (χ1v) is 7.50. The van der Waals surface area contributed by atoms with Gasteiger partial charge in [-0.1, -0.05) is 0 Å². The number of hydrogen-bond donors (Lipinski definition) is 2. The standard InChI is InChI=1S/C11H13N5O4S/c1-2-20-10(17)7-12-21(18,19)9-5-3-8(4-6-9)11-13-15-16-14-11/h3-6,12H,2,7H2,1H3,(H,13,14,15,16). The van der Waals surface area contributed by atoms with Crippen LogP contribution in [0.3, 0.4) is 0 Å². The molecular formula is C11H13N5O4S. The minimum absolute atomic E-state index is 0.0269. The summed E-state index contributed by atoms with van der Waals surface area (Å²) in [5, 5.41) is 13.3. The number of carbonyl (C=O) groups excluding carboxylic acids is 1. The van der Waals surface area contributed by atoms with Crippen LogP contribution in [0.4, 0.5) is 0 Å². The van der Waals surface area contributed by atoms with Gasteiger partial charge in [-0.3, -0.25) is 4.79 Å². The summed E-state index contributed by atoms with van der Waals surface area (Å²) < 4.78 is 30.8. The van der Waals surface area contributed by atoms with Crippen molar-refractivity contribution in [1.29, 1.82) is 0 Å². The minimum Gasteiger partial charge on any atom is -0.465 e. The summed E-state index contributed by atoms with van der Waals surface area (Å²) in [6.45, 7) is 1.42. The molecular weight excluding hydrogens is 298 g/mol. The van der Waals surface area contributed by atoms with Gasteiger partial charge in [0.25, 0.3) is 0 Å². The van der Waals surface area contributed by atoms with E-state index in [2.05, 4.69) is 30.1 Å². The molecule has 112 valence electrons. The summed E-state index contributed by atoms with van der Waals surface area (Å²) in [6.07, 6.45) is 0. The average molecular weight is 311 g/mol. The highest BCUT2D eigenvalue weighted by molar-refractivity contribution is 7.89. The van der Waals surface area contributed by atoms with Crippen molar-refractivity contribution in [3.05, 3.63) is 24.3 Å². The van der Waals surface area contributed by atoms with Crippen molar-refractivity contribution in [3.63, 3.8) is 0 Å². The Morgan fingerprint density at radius 3 is 2.62 bits per heavy atom. The largest absolute Gasteiger partial charge is 0.465 e. The molecule has 21 heavy (non-hydrogen) atoms. The predicted molar refractivity (Wildman–Crippen MR) is 71.4 cm³/mol. The molecule has 1 aromatic carbocycles. The summed E-state index contributed by atoms with van der Waals surface area (Å²) >= 11 is 0. The van der Waals surface area contributed by atoms with Gasteiger partial charge in [-0.2, -0.15) is 9.94 Å². The van der Waals surface area contributed by atoms with Gasteiger partial charge in [-0.15, -0.1) is 10.2 Å². The molecule has 0 aliphatic carbocycles. The van der Waals surface area contributed by atoms with Crippen LogP contribution >= 0.6 is 0 Å². The van der Waals surface area contributed by atoms with E-state index in [1.165, 1.54) is 12.1 Å². The highest BCUT2D eigenvalue weighted by atomic mass is 32.2. The van der Waals surface area contributed by atoms with Gasteiger partial charge in [0.2, 0.25) is 15.8 Å². The molecule has 9 nitrogen and oxygen atoms in total. The van der Waals surface area contributed by atoms with Gasteiger partial charge in [0, 0.05) is 5.56 Å². The number of ether oxygens (including phenoxy) is 1. The molecule has 0 bridgehead atoms. The van der Waals surface area contributed by atoms with Crippen molar-refractivity contribution in [3.8, 4) is 11.4 Å². The number of rotatable bonds is 6. The van der Waals surface area contributed by atoms with Crippen molar-refractivity contribution in [2.24, 2.45) is 0 Å². The SMILES string of the molecule is CCOC(=O)CNS(=O)(=O)c1ccc(-c2nn[nH]n2)cc1. The molecule has 1 aromatic heterocycles. The number of aromatic amines is 1. The number of hydrogen-bond acceptors (Lipinski definition) is 7. The fourth-order valence-electron chi connectivity index (χ4n) is 1.52. The van der Waals surface area contributed by atoms with Crippen molar-refractivity contribution in [2.75, 3.05) is 13.2 Å². The minimum atomic E-state index is -3.77. The molecule has 0 aliphatic rings. The molecule has 0 aliphatic heterocycles. The van der Waals surface area contributed by atoms with Crippen LogP contribution in [0.15, 0.2) is 29.2 Å². The zero-order chi connectivity index (χ0) is 15.3. The number of benzene rings is 1. The lowest BCUT2D eigenvalue weighted by molar-refractivity contribution is -0.141. The molecule has 10 heteroatoms. The van der Waals surface area contributed by atoms with Gasteiger partial charge < -0.3 is 4.74 Å². The molecule has 2 N–H and O–H groups in total. The molecule has 2 rings (SSSR count). The molecule has 2 aromatic rings. The van der Waals surface area contributed by atoms with Crippen LogP contribution in [0.25, 0.3) is 11.4 Å². The van der Waals surface area contributed by atoms with Crippen LogP contribution in [0.1, 0.15) is 6.92 Å². The normalized spacial score (nSPS) is 11.3. The Bertz CT molecular complexity index is 697. The van der Waals surface area contributed by atoms with E-state index >= 15 is 0 Å². The highest BCUT2D eigenvalue weighted by Gasteiger charge is 2.16. The van der Waals surface area contributed by atoms with Crippen molar-refractivity contribution in [2.45, 2.75) is 11.8 Å². The number of esters is 1. The number of H-pyrrole nitrogens is 1. The second-order valence-corrected chi connectivity index (χ2v) is 5.66. The zero-order valence-corrected chi connectivity index (χ0v) is 11.9. The molecule has 0 unspecified atom stereocenters. The smallest absolute Gasteiger partial charge is 0.321 e. The van der Waals surface area contributed by atoms with Gasteiger partial charge in [0.05, 0.1) is 11.5 Å². The molecule has 0 saturated heterocycles. The van der Waals surface area contributed by atoms with Crippen molar-refractivity contribution in [1.82, 2.24) is 25.3 Å². The first kappa shape index (κ1) is 15.1. The lowest BCUT2D eigenvalue weighted by atomic mass is 10.2. The highest BCUT2D eigenvalue weighted by Crippen LogP contribution is 2.16.